The van der Waals surface area contributed by atoms with Gasteiger partial charge in [0.2, 0.25) is 5.95 Å². The van der Waals surface area contributed by atoms with Crippen molar-refractivity contribution in [3.63, 3.8) is 0 Å². The van der Waals surface area contributed by atoms with E-state index in [1.807, 2.05) is 30.3 Å². The molecule has 1 saturated carbocycles. The molecule has 0 spiro atoms. The second kappa shape index (κ2) is 10.1. The van der Waals surface area contributed by atoms with Gasteiger partial charge in [-0.25, -0.2) is 4.99 Å². The lowest BCUT2D eigenvalue weighted by Crippen LogP contribution is -2.44. The first-order chi connectivity index (χ1) is 16.0. The fourth-order valence-electron chi connectivity index (χ4n) is 3.46. The number of amides is 1. The largest absolute Gasteiger partial charge is 0.402 e. The predicted octanol–water partition coefficient (Wildman–Crippen LogP) is 1.07. The Hall–Kier alpha value is -3.92. The number of aromatic nitrogens is 2. The Kier molecular flexibility index (Phi) is 6.84. The molecule has 1 aliphatic carbocycles. The normalized spacial score (nSPS) is 17.7. The highest BCUT2D eigenvalue weighted by Gasteiger charge is 2.24. The van der Waals surface area contributed by atoms with Gasteiger partial charge in [-0.3, -0.25) is 10.1 Å². The summed E-state index contributed by atoms with van der Waals surface area (Å²) in [6.07, 6.45) is 5.14. The number of hydrogen-bond donors (Lipinski definition) is 5. The molecule has 1 aromatic heterocycles. The lowest BCUT2D eigenvalue weighted by Gasteiger charge is -2.28. The number of nitrogens with two attached hydrogens (primary N) is 3. The first kappa shape index (κ1) is 22.3. The minimum Gasteiger partial charge on any atom is -0.402 e. The van der Waals surface area contributed by atoms with Gasteiger partial charge >= 0.3 is 0 Å². The molecule has 0 atom stereocenters. The van der Waals surface area contributed by atoms with E-state index in [1.165, 1.54) is 6.08 Å². The Morgan fingerprint density at radius 3 is 2.52 bits per heavy atom. The van der Waals surface area contributed by atoms with Gasteiger partial charge in [0.1, 0.15) is 11.7 Å². The highest BCUT2D eigenvalue weighted by Crippen LogP contribution is 2.33. The van der Waals surface area contributed by atoms with Crippen LogP contribution in [0.1, 0.15) is 18.4 Å². The summed E-state index contributed by atoms with van der Waals surface area (Å²) in [7, 11) is 0. The van der Waals surface area contributed by atoms with Crippen LogP contribution in [0.25, 0.3) is 5.70 Å². The third-order valence-electron chi connectivity index (χ3n) is 5.38. The van der Waals surface area contributed by atoms with Crippen molar-refractivity contribution in [2.24, 2.45) is 28.1 Å². The van der Waals surface area contributed by atoms with Crippen LogP contribution < -0.4 is 32.7 Å². The maximum absolute atomic E-state index is 12.6. The molecule has 1 aromatic carbocycles. The fourth-order valence-corrected chi connectivity index (χ4v) is 3.46. The third-order valence-corrected chi connectivity index (χ3v) is 5.38. The Morgan fingerprint density at radius 2 is 1.82 bits per heavy atom. The molecular weight excluding hydrogens is 418 g/mol. The number of piperazine rings is 1. The van der Waals surface area contributed by atoms with E-state index >= 15 is 0 Å². The average Bonchev–Trinajstić information content (AvgIpc) is 3.65. The van der Waals surface area contributed by atoms with Gasteiger partial charge in [-0.05, 0) is 30.4 Å². The van der Waals surface area contributed by atoms with E-state index in [0.29, 0.717) is 23.3 Å². The van der Waals surface area contributed by atoms with Crippen LogP contribution in [0.3, 0.4) is 0 Å². The van der Waals surface area contributed by atoms with Crippen molar-refractivity contribution in [2.75, 3.05) is 36.4 Å². The van der Waals surface area contributed by atoms with Crippen molar-refractivity contribution in [3.05, 3.63) is 59.8 Å². The van der Waals surface area contributed by atoms with Crippen LogP contribution in [0, 0.1) is 5.92 Å². The van der Waals surface area contributed by atoms with Gasteiger partial charge in [0.15, 0.2) is 5.82 Å². The second-order valence-corrected chi connectivity index (χ2v) is 8.06. The molecule has 10 nitrogen and oxygen atoms in total. The minimum absolute atomic E-state index is 0.124. The summed E-state index contributed by atoms with van der Waals surface area (Å²) in [5.41, 5.74) is 20.0. The van der Waals surface area contributed by atoms with Crippen molar-refractivity contribution in [3.8, 4) is 0 Å². The summed E-state index contributed by atoms with van der Waals surface area (Å²) in [4.78, 5) is 28.0. The lowest BCUT2D eigenvalue weighted by atomic mass is 10.1. The van der Waals surface area contributed by atoms with E-state index in [0.717, 1.165) is 50.3 Å². The topological polar surface area (TPSA) is 161 Å². The summed E-state index contributed by atoms with van der Waals surface area (Å²) in [5.74, 6) is 1.33. The predicted molar refractivity (Wildman–Crippen MR) is 131 cm³/mol. The number of aliphatic imine (C=N–C) groups is 1. The molecule has 172 valence electrons. The molecule has 0 bridgehead atoms. The maximum Gasteiger partial charge on any atom is 0.252 e. The second-order valence-electron chi connectivity index (χ2n) is 8.06. The molecular formula is C23H29N9O. The lowest BCUT2D eigenvalue weighted by molar-refractivity contribution is -0.111. The van der Waals surface area contributed by atoms with Crippen molar-refractivity contribution >= 4 is 35.0 Å². The van der Waals surface area contributed by atoms with E-state index in [9.17, 15) is 4.79 Å². The zero-order valence-electron chi connectivity index (χ0n) is 18.4. The number of carbonyl (C=O) groups excluding carboxylic acids is 1. The standard InChI is InChI=1S/C23H29N9O/c24-17(16-6-7-16)12-19(26)28-20-14-21(32-10-8-27-9-11-32)30-23(29-20)31-22(33)13-18(25)15-4-2-1-3-5-15/h1-5,12-14,16,27H,6-11,24-25H2,(H3,26,28,29,30,31,33)/b17-12-,18-13?. The van der Waals surface area contributed by atoms with Crippen LogP contribution in [-0.4, -0.2) is 47.9 Å². The number of rotatable bonds is 7. The van der Waals surface area contributed by atoms with Gasteiger partial charge in [-0.2, -0.15) is 9.97 Å². The van der Waals surface area contributed by atoms with Crippen molar-refractivity contribution in [1.82, 2.24) is 15.3 Å². The first-order valence-corrected chi connectivity index (χ1v) is 11.0. The van der Waals surface area contributed by atoms with E-state index < -0.39 is 5.91 Å². The van der Waals surface area contributed by atoms with Crippen LogP contribution in [-0.2, 0) is 4.79 Å². The molecule has 1 saturated heterocycles. The number of anilines is 2. The maximum atomic E-state index is 12.6. The monoisotopic (exact) mass is 447 g/mol. The summed E-state index contributed by atoms with van der Waals surface area (Å²) in [6, 6.07) is 11.0. The quantitative estimate of drug-likeness (QED) is 0.239. The highest BCUT2D eigenvalue weighted by molar-refractivity contribution is 6.03. The van der Waals surface area contributed by atoms with Crippen LogP contribution in [0.15, 0.2) is 59.2 Å². The van der Waals surface area contributed by atoms with Crippen molar-refractivity contribution in [1.29, 1.82) is 0 Å². The Balaban J connectivity index is 1.58. The number of carbonyl (C=O) groups is 1. The molecule has 4 rings (SSSR count). The molecule has 2 heterocycles. The van der Waals surface area contributed by atoms with Gasteiger partial charge in [-0.1, -0.05) is 30.3 Å². The summed E-state index contributed by atoms with van der Waals surface area (Å²) >= 11 is 0. The van der Waals surface area contributed by atoms with Crippen molar-refractivity contribution in [2.45, 2.75) is 12.8 Å². The van der Waals surface area contributed by atoms with Gasteiger partial charge in [0, 0.05) is 49.7 Å². The van der Waals surface area contributed by atoms with Gasteiger partial charge in [0.05, 0.1) is 0 Å². The fraction of sp³-hybridized carbons (Fsp3) is 0.304. The molecule has 0 unspecified atom stereocenters. The molecule has 33 heavy (non-hydrogen) atoms. The highest BCUT2D eigenvalue weighted by atomic mass is 16.1. The average molecular weight is 448 g/mol. The van der Waals surface area contributed by atoms with E-state index in [-0.39, 0.29) is 11.8 Å². The van der Waals surface area contributed by atoms with Crippen LogP contribution >= 0.6 is 0 Å². The Bertz CT molecular complexity index is 1080. The number of amidine groups is 1. The van der Waals surface area contributed by atoms with Crippen LogP contribution in [0.2, 0.25) is 0 Å². The summed E-state index contributed by atoms with van der Waals surface area (Å²) in [5, 5.41) is 6.00. The molecule has 2 aliphatic rings. The molecule has 1 amide bonds. The number of nitrogens with one attached hydrogen (secondary N) is 2. The van der Waals surface area contributed by atoms with Crippen LogP contribution in [0.4, 0.5) is 17.6 Å². The van der Waals surface area contributed by atoms with Gasteiger partial charge in [-0.15, -0.1) is 0 Å². The Morgan fingerprint density at radius 1 is 1.09 bits per heavy atom. The molecule has 0 radical (unpaired) electrons. The molecule has 2 aromatic rings. The van der Waals surface area contributed by atoms with E-state index in [1.54, 1.807) is 12.1 Å². The number of benzene rings is 1. The van der Waals surface area contributed by atoms with Gasteiger partial charge < -0.3 is 27.4 Å². The SMILES string of the molecule is NC(=CC(=O)Nc1nc(N=C(N)/C=C(\N)C2CC2)cc(N2CCNCC2)n1)c1ccccc1. The molecule has 1 aliphatic heterocycles. The van der Waals surface area contributed by atoms with E-state index in [2.05, 4.69) is 30.5 Å². The number of hydrogen-bond acceptors (Lipinski definition) is 8. The van der Waals surface area contributed by atoms with Gasteiger partial charge in [0.25, 0.3) is 5.91 Å². The third kappa shape index (κ3) is 6.30. The van der Waals surface area contributed by atoms with Crippen molar-refractivity contribution < 1.29 is 4.79 Å². The zero-order valence-corrected chi connectivity index (χ0v) is 18.4. The first-order valence-electron chi connectivity index (χ1n) is 11.0. The molecule has 8 N–H and O–H groups in total. The number of allylic oxidation sites excluding steroid dienone is 1. The number of nitrogens with zero attached hydrogens (tertiary/aromatic N) is 4. The molecule has 10 heteroatoms. The van der Waals surface area contributed by atoms with E-state index in [4.69, 9.17) is 17.2 Å². The Labute approximate surface area is 192 Å². The smallest absolute Gasteiger partial charge is 0.252 e. The van der Waals surface area contributed by atoms with Crippen LogP contribution in [0.5, 0.6) is 0 Å². The minimum atomic E-state index is -0.436. The zero-order chi connectivity index (χ0) is 23.2. The summed E-state index contributed by atoms with van der Waals surface area (Å²) < 4.78 is 0. The summed E-state index contributed by atoms with van der Waals surface area (Å²) in [6.45, 7) is 3.23. The molecule has 2 fully saturated rings.